The van der Waals surface area contributed by atoms with E-state index in [9.17, 15) is 0 Å². The number of nitrogens with one attached hydrogen (secondary N) is 1. The molecule has 3 aromatic rings. The molecule has 0 saturated carbocycles. The molecular weight excluding hydrogens is 344 g/mol. The highest BCUT2D eigenvalue weighted by Crippen LogP contribution is 2.22. The van der Waals surface area contributed by atoms with Crippen molar-refractivity contribution in [1.82, 2.24) is 24.8 Å². The van der Waals surface area contributed by atoms with Gasteiger partial charge in [-0.1, -0.05) is 12.1 Å². The van der Waals surface area contributed by atoms with Crippen LogP contribution < -0.4 is 5.32 Å². The monoisotopic (exact) mass is 366 g/mol. The van der Waals surface area contributed by atoms with E-state index in [-0.39, 0.29) is 0 Å². The number of hydrogen-bond acceptors (Lipinski definition) is 7. The number of rotatable bonds is 5. The fourth-order valence-corrected chi connectivity index (χ4v) is 3.57. The molecule has 134 valence electrons. The topological polar surface area (TPSA) is 57.2 Å². The minimum absolute atomic E-state index is 0.775. The SMILES string of the molecule is CN1CCN(Cc2ccc(Nc3cccc(-c4nccs4)n3)nc2)CC1. The van der Waals surface area contributed by atoms with Gasteiger partial charge in [-0.3, -0.25) is 4.90 Å². The molecule has 6 nitrogen and oxygen atoms in total. The lowest BCUT2D eigenvalue weighted by Crippen LogP contribution is -2.43. The molecule has 0 aromatic carbocycles. The van der Waals surface area contributed by atoms with Crippen LogP contribution in [0.4, 0.5) is 11.6 Å². The zero-order valence-electron chi connectivity index (χ0n) is 14.8. The fourth-order valence-electron chi connectivity index (χ4n) is 2.96. The van der Waals surface area contributed by atoms with Gasteiger partial charge in [0.1, 0.15) is 22.3 Å². The minimum atomic E-state index is 0.775. The summed E-state index contributed by atoms with van der Waals surface area (Å²) in [7, 11) is 2.18. The van der Waals surface area contributed by atoms with E-state index in [0.717, 1.165) is 55.1 Å². The lowest BCUT2D eigenvalue weighted by Gasteiger charge is -2.32. The summed E-state index contributed by atoms with van der Waals surface area (Å²) in [5.41, 5.74) is 2.11. The molecule has 0 atom stereocenters. The van der Waals surface area contributed by atoms with Crippen LogP contribution in [0.2, 0.25) is 0 Å². The Kier molecular flexibility index (Phi) is 5.19. The van der Waals surface area contributed by atoms with Crippen molar-refractivity contribution in [2.75, 3.05) is 38.5 Å². The van der Waals surface area contributed by atoms with E-state index < -0.39 is 0 Å². The molecule has 1 aliphatic rings. The second-order valence-electron chi connectivity index (χ2n) is 6.50. The Hall–Kier alpha value is -2.35. The molecule has 1 fully saturated rings. The van der Waals surface area contributed by atoms with E-state index in [4.69, 9.17) is 0 Å². The molecule has 3 aromatic heterocycles. The molecule has 4 rings (SSSR count). The average molecular weight is 366 g/mol. The average Bonchev–Trinajstić information content (AvgIpc) is 3.20. The van der Waals surface area contributed by atoms with Crippen LogP contribution in [0.25, 0.3) is 10.7 Å². The van der Waals surface area contributed by atoms with Crippen LogP contribution in [0.5, 0.6) is 0 Å². The first kappa shape index (κ1) is 17.1. The van der Waals surface area contributed by atoms with E-state index in [1.165, 1.54) is 5.56 Å². The molecule has 1 aliphatic heterocycles. The van der Waals surface area contributed by atoms with Gasteiger partial charge in [0.2, 0.25) is 0 Å². The summed E-state index contributed by atoms with van der Waals surface area (Å²) in [6, 6.07) is 10.0. The number of aromatic nitrogens is 3. The van der Waals surface area contributed by atoms with Gasteiger partial charge in [0, 0.05) is 50.5 Å². The maximum atomic E-state index is 4.62. The van der Waals surface area contributed by atoms with Gasteiger partial charge in [0.15, 0.2) is 0 Å². The van der Waals surface area contributed by atoms with Crippen LogP contribution in [0, 0.1) is 0 Å². The van der Waals surface area contributed by atoms with Crippen molar-refractivity contribution in [3.8, 4) is 10.7 Å². The number of anilines is 2. The molecule has 0 aliphatic carbocycles. The van der Waals surface area contributed by atoms with Crippen molar-refractivity contribution in [3.63, 3.8) is 0 Å². The lowest BCUT2D eigenvalue weighted by atomic mass is 10.2. The molecule has 1 N–H and O–H groups in total. The Balaban J connectivity index is 1.39. The first-order chi connectivity index (χ1) is 12.8. The standard InChI is InChI=1S/C19H22N6S/c1-24-8-10-25(11-9-24)14-15-5-6-17(21-13-15)23-18-4-2-3-16(22-18)19-20-7-12-26-19/h2-7,12-13H,8-11,14H2,1H3,(H,21,22,23). The van der Waals surface area contributed by atoms with Crippen molar-refractivity contribution in [2.45, 2.75) is 6.54 Å². The highest BCUT2D eigenvalue weighted by atomic mass is 32.1. The zero-order chi connectivity index (χ0) is 17.8. The lowest BCUT2D eigenvalue weighted by molar-refractivity contribution is 0.148. The van der Waals surface area contributed by atoms with Gasteiger partial charge in [-0.15, -0.1) is 11.3 Å². The minimum Gasteiger partial charge on any atom is -0.325 e. The van der Waals surface area contributed by atoms with Crippen LogP contribution in [-0.2, 0) is 6.54 Å². The van der Waals surface area contributed by atoms with Gasteiger partial charge in [-0.2, -0.15) is 0 Å². The molecule has 0 bridgehead atoms. The predicted molar refractivity (Wildman–Crippen MR) is 106 cm³/mol. The Bertz CT molecular complexity index is 826. The highest BCUT2D eigenvalue weighted by Gasteiger charge is 2.14. The van der Waals surface area contributed by atoms with Gasteiger partial charge >= 0.3 is 0 Å². The quantitative estimate of drug-likeness (QED) is 0.749. The third-order valence-corrected chi connectivity index (χ3v) is 5.28. The predicted octanol–water partition coefficient (Wildman–Crippen LogP) is 3.09. The molecule has 0 spiro atoms. The van der Waals surface area contributed by atoms with E-state index >= 15 is 0 Å². The molecule has 4 heterocycles. The normalized spacial score (nSPS) is 15.9. The van der Waals surface area contributed by atoms with Gasteiger partial charge < -0.3 is 10.2 Å². The molecule has 0 unspecified atom stereocenters. The van der Waals surface area contributed by atoms with E-state index in [1.807, 2.05) is 35.8 Å². The Labute approximate surface area is 157 Å². The van der Waals surface area contributed by atoms with Gasteiger partial charge in [0.05, 0.1) is 0 Å². The molecule has 7 heteroatoms. The number of likely N-dealkylation sites (N-methyl/N-ethyl adjacent to an activating group) is 1. The molecule has 0 amide bonds. The summed E-state index contributed by atoms with van der Waals surface area (Å²) < 4.78 is 0. The summed E-state index contributed by atoms with van der Waals surface area (Å²) >= 11 is 1.58. The number of hydrogen-bond donors (Lipinski definition) is 1. The van der Waals surface area contributed by atoms with E-state index in [0.29, 0.717) is 0 Å². The maximum Gasteiger partial charge on any atom is 0.141 e. The Morgan fingerprint density at radius 3 is 2.65 bits per heavy atom. The fraction of sp³-hybridized carbons (Fsp3) is 0.316. The molecule has 26 heavy (non-hydrogen) atoms. The van der Waals surface area contributed by atoms with Gasteiger partial charge in [0.25, 0.3) is 0 Å². The summed E-state index contributed by atoms with van der Waals surface area (Å²) in [4.78, 5) is 18.3. The van der Waals surface area contributed by atoms with Crippen LogP contribution in [0.15, 0.2) is 48.1 Å². The first-order valence-electron chi connectivity index (χ1n) is 8.76. The van der Waals surface area contributed by atoms with Crippen molar-refractivity contribution < 1.29 is 0 Å². The summed E-state index contributed by atoms with van der Waals surface area (Å²) in [5.74, 6) is 1.58. The highest BCUT2D eigenvalue weighted by molar-refractivity contribution is 7.13. The van der Waals surface area contributed by atoms with Crippen LogP contribution in [0.3, 0.4) is 0 Å². The van der Waals surface area contributed by atoms with Gasteiger partial charge in [-0.05, 0) is 30.8 Å². The van der Waals surface area contributed by atoms with Crippen LogP contribution in [-0.4, -0.2) is 58.0 Å². The summed E-state index contributed by atoms with van der Waals surface area (Å²) in [5, 5.41) is 6.15. The van der Waals surface area contributed by atoms with E-state index in [2.05, 4.69) is 43.2 Å². The second-order valence-corrected chi connectivity index (χ2v) is 7.40. The Morgan fingerprint density at radius 1 is 1.04 bits per heavy atom. The Morgan fingerprint density at radius 2 is 1.92 bits per heavy atom. The van der Waals surface area contributed by atoms with E-state index in [1.54, 1.807) is 17.5 Å². The van der Waals surface area contributed by atoms with Crippen LogP contribution >= 0.6 is 11.3 Å². The van der Waals surface area contributed by atoms with Crippen molar-refractivity contribution in [1.29, 1.82) is 0 Å². The van der Waals surface area contributed by atoms with Crippen molar-refractivity contribution in [3.05, 3.63) is 53.7 Å². The number of nitrogens with zero attached hydrogens (tertiary/aromatic N) is 5. The van der Waals surface area contributed by atoms with Crippen LogP contribution in [0.1, 0.15) is 5.56 Å². The number of piperazine rings is 1. The second kappa shape index (κ2) is 7.90. The van der Waals surface area contributed by atoms with Crippen molar-refractivity contribution in [2.24, 2.45) is 0 Å². The molecule has 0 radical (unpaired) electrons. The molecule has 1 saturated heterocycles. The third kappa shape index (κ3) is 4.24. The smallest absolute Gasteiger partial charge is 0.141 e. The summed E-state index contributed by atoms with van der Waals surface area (Å²) in [6.07, 6.45) is 3.74. The number of thiazole rings is 1. The largest absolute Gasteiger partial charge is 0.325 e. The van der Waals surface area contributed by atoms with Gasteiger partial charge in [-0.25, -0.2) is 15.0 Å². The zero-order valence-corrected chi connectivity index (χ0v) is 15.6. The van der Waals surface area contributed by atoms with Crippen molar-refractivity contribution >= 4 is 23.0 Å². The third-order valence-electron chi connectivity index (χ3n) is 4.48. The number of pyridine rings is 2. The molecular formula is C19H22N6S. The maximum absolute atomic E-state index is 4.62. The first-order valence-corrected chi connectivity index (χ1v) is 9.64. The summed E-state index contributed by atoms with van der Waals surface area (Å²) in [6.45, 7) is 5.45.